The number of carbonyl (C=O) groups excluding carboxylic acids is 2. The Bertz CT molecular complexity index is 830. The minimum atomic E-state index is -3.77. The molecule has 24 heavy (non-hydrogen) atoms. The van der Waals surface area contributed by atoms with Gasteiger partial charge in [-0.25, -0.2) is 8.42 Å². The minimum absolute atomic E-state index is 0.0791. The number of hydrogen-bond acceptors (Lipinski definition) is 6. The Kier molecular flexibility index (Phi) is 5.87. The Morgan fingerprint density at radius 1 is 1.25 bits per heavy atom. The van der Waals surface area contributed by atoms with Crippen LogP contribution in [-0.2, 0) is 14.8 Å². The van der Waals surface area contributed by atoms with Crippen LogP contribution >= 0.6 is 11.3 Å². The molecule has 0 spiro atoms. The second-order valence-electron chi connectivity index (χ2n) is 5.22. The number of thiophene rings is 1. The molecule has 1 atom stereocenters. The van der Waals surface area contributed by atoms with Crippen molar-refractivity contribution >= 4 is 33.1 Å². The highest BCUT2D eigenvalue weighted by Crippen LogP contribution is 2.23. The van der Waals surface area contributed by atoms with Crippen molar-refractivity contribution in [1.29, 1.82) is 0 Å². The summed E-state index contributed by atoms with van der Waals surface area (Å²) in [5.41, 5.74) is 6.62. The molecule has 2 aromatic rings. The van der Waals surface area contributed by atoms with E-state index >= 15 is 0 Å². The number of nitrogens with two attached hydrogens (primary N) is 1. The third-order valence-corrected chi connectivity index (χ3v) is 5.46. The lowest BCUT2D eigenvalue weighted by Crippen LogP contribution is -2.37. The summed E-state index contributed by atoms with van der Waals surface area (Å²) in [6.07, 6.45) is 0. The van der Waals surface area contributed by atoms with Crippen molar-refractivity contribution in [3.8, 4) is 0 Å². The summed E-state index contributed by atoms with van der Waals surface area (Å²) < 4.78 is 25.4. The summed E-state index contributed by atoms with van der Waals surface area (Å²) in [6, 6.07) is 8.41. The summed E-state index contributed by atoms with van der Waals surface area (Å²) in [5.74, 6) is -2.01. The number of hydrogen-bond donors (Lipinski definition) is 2. The van der Waals surface area contributed by atoms with Gasteiger partial charge in [0.2, 0.25) is 15.9 Å². The normalized spacial score (nSPS) is 12.6. The van der Waals surface area contributed by atoms with Crippen molar-refractivity contribution in [3.63, 3.8) is 0 Å². The first-order valence-corrected chi connectivity index (χ1v) is 9.85. The molecule has 0 aliphatic rings. The molecule has 0 aliphatic heterocycles. The first-order chi connectivity index (χ1) is 11.4. The molecule has 0 aliphatic carbocycles. The molecule has 2 rings (SSSR count). The SMILES string of the molecule is CC(C(=O)NS(=O)(=O)CCN)c1ccccc1C(=O)c1ccsc1. The molecule has 1 heterocycles. The van der Waals surface area contributed by atoms with Gasteiger partial charge in [-0.05, 0) is 23.9 Å². The van der Waals surface area contributed by atoms with E-state index in [0.717, 1.165) is 0 Å². The Morgan fingerprint density at radius 3 is 2.58 bits per heavy atom. The highest BCUT2D eigenvalue weighted by Gasteiger charge is 2.25. The van der Waals surface area contributed by atoms with Crippen molar-refractivity contribution < 1.29 is 18.0 Å². The Balaban J connectivity index is 2.29. The quantitative estimate of drug-likeness (QED) is 0.722. The van der Waals surface area contributed by atoms with Crippen LogP contribution in [0.5, 0.6) is 0 Å². The number of rotatable bonds is 7. The summed E-state index contributed by atoms with van der Waals surface area (Å²) in [5, 5.41) is 3.53. The average molecular weight is 366 g/mol. The smallest absolute Gasteiger partial charge is 0.240 e. The Labute approximate surface area is 144 Å². The highest BCUT2D eigenvalue weighted by molar-refractivity contribution is 7.90. The number of nitrogens with one attached hydrogen (secondary N) is 1. The molecule has 6 nitrogen and oxygen atoms in total. The van der Waals surface area contributed by atoms with E-state index in [1.54, 1.807) is 48.0 Å². The zero-order chi connectivity index (χ0) is 17.7. The standard InChI is InChI=1S/C16H18N2O4S2/c1-11(16(20)18-24(21,22)9-7-17)13-4-2-3-5-14(13)15(19)12-6-8-23-10-12/h2-6,8,10-11H,7,9,17H2,1H3,(H,18,20). The van der Waals surface area contributed by atoms with Crippen molar-refractivity contribution in [1.82, 2.24) is 4.72 Å². The number of ketones is 1. The van der Waals surface area contributed by atoms with Gasteiger partial charge in [0.15, 0.2) is 5.78 Å². The van der Waals surface area contributed by atoms with E-state index in [1.165, 1.54) is 11.3 Å². The molecule has 128 valence electrons. The molecule has 0 fully saturated rings. The van der Waals surface area contributed by atoms with Gasteiger partial charge in [0.25, 0.3) is 0 Å². The van der Waals surface area contributed by atoms with E-state index in [0.29, 0.717) is 16.7 Å². The van der Waals surface area contributed by atoms with Gasteiger partial charge in [-0.1, -0.05) is 24.3 Å². The van der Waals surface area contributed by atoms with Crippen LogP contribution in [0.4, 0.5) is 0 Å². The van der Waals surface area contributed by atoms with E-state index in [2.05, 4.69) is 0 Å². The van der Waals surface area contributed by atoms with Gasteiger partial charge in [0.05, 0.1) is 11.7 Å². The van der Waals surface area contributed by atoms with Crippen LogP contribution in [0.1, 0.15) is 34.3 Å². The van der Waals surface area contributed by atoms with Gasteiger partial charge >= 0.3 is 0 Å². The van der Waals surface area contributed by atoms with Gasteiger partial charge in [-0.3, -0.25) is 14.3 Å². The van der Waals surface area contributed by atoms with Crippen molar-refractivity contribution in [3.05, 3.63) is 57.8 Å². The zero-order valence-corrected chi connectivity index (χ0v) is 14.7. The van der Waals surface area contributed by atoms with Crippen molar-refractivity contribution in [2.45, 2.75) is 12.8 Å². The largest absolute Gasteiger partial charge is 0.329 e. The van der Waals surface area contributed by atoms with Crippen LogP contribution < -0.4 is 10.5 Å². The van der Waals surface area contributed by atoms with Crippen LogP contribution in [0.25, 0.3) is 0 Å². The van der Waals surface area contributed by atoms with Crippen molar-refractivity contribution in [2.75, 3.05) is 12.3 Å². The second-order valence-corrected chi connectivity index (χ2v) is 7.85. The predicted octanol–water partition coefficient (Wildman–Crippen LogP) is 1.49. The molecule has 3 N–H and O–H groups in total. The van der Waals surface area contributed by atoms with Crippen LogP contribution in [-0.4, -0.2) is 32.4 Å². The third-order valence-electron chi connectivity index (χ3n) is 3.49. The summed E-state index contributed by atoms with van der Waals surface area (Å²) in [4.78, 5) is 24.8. The molecule has 1 aromatic heterocycles. The maximum atomic E-state index is 12.6. The van der Waals surface area contributed by atoms with Crippen LogP contribution in [0.2, 0.25) is 0 Å². The fourth-order valence-electron chi connectivity index (χ4n) is 2.22. The molecule has 0 bridgehead atoms. The number of amides is 1. The van der Waals surface area contributed by atoms with E-state index in [1.807, 2.05) is 4.72 Å². The van der Waals surface area contributed by atoms with E-state index in [4.69, 9.17) is 5.73 Å². The Hall–Kier alpha value is -2.03. The van der Waals surface area contributed by atoms with Gasteiger partial charge in [0, 0.05) is 23.1 Å². The van der Waals surface area contributed by atoms with E-state index in [-0.39, 0.29) is 18.1 Å². The lowest BCUT2D eigenvalue weighted by atomic mass is 9.91. The summed E-state index contributed by atoms with van der Waals surface area (Å²) >= 11 is 1.41. The molecule has 1 aromatic carbocycles. The average Bonchev–Trinajstić information content (AvgIpc) is 3.07. The number of carbonyl (C=O) groups is 2. The molecule has 8 heteroatoms. The van der Waals surface area contributed by atoms with E-state index in [9.17, 15) is 18.0 Å². The van der Waals surface area contributed by atoms with Gasteiger partial charge < -0.3 is 5.73 Å². The topological polar surface area (TPSA) is 106 Å². The summed E-state index contributed by atoms with van der Waals surface area (Å²) in [6.45, 7) is 1.48. The van der Waals surface area contributed by atoms with Crippen molar-refractivity contribution in [2.24, 2.45) is 5.73 Å². The van der Waals surface area contributed by atoms with Crippen LogP contribution in [0.15, 0.2) is 41.1 Å². The third kappa shape index (κ3) is 4.28. The maximum Gasteiger partial charge on any atom is 0.240 e. The molecular weight excluding hydrogens is 348 g/mol. The first kappa shape index (κ1) is 18.3. The number of sulfonamides is 1. The zero-order valence-electron chi connectivity index (χ0n) is 13.1. The van der Waals surface area contributed by atoms with Crippen LogP contribution in [0, 0.1) is 0 Å². The highest BCUT2D eigenvalue weighted by atomic mass is 32.2. The van der Waals surface area contributed by atoms with Gasteiger partial charge in [0.1, 0.15) is 0 Å². The monoisotopic (exact) mass is 366 g/mol. The molecule has 0 saturated heterocycles. The van der Waals surface area contributed by atoms with Gasteiger partial charge in [-0.2, -0.15) is 11.3 Å². The lowest BCUT2D eigenvalue weighted by Gasteiger charge is -2.15. The molecule has 1 amide bonds. The Morgan fingerprint density at radius 2 is 1.96 bits per heavy atom. The predicted molar refractivity (Wildman–Crippen MR) is 93.6 cm³/mol. The molecule has 0 radical (unpaired) electrons. The fraction of sp³-hybridized carbons (Fsp3) is 0.250. The second kappa shape index (κ2) is 7.69. The van der Waals surface area contributed by atoms with Gasteiger partial charge in [-0.15, -0.1) is 0 Å². The lowest BCUT2D eigenvalue weighted by molar-refractivity contribution is -0.120. The minimum Gasteiger partial charge on any atom is -0.329 e. The van der Waals surface area contributed by atoms with E-state index < -0.39 is 21.8 Å². The molecule has 1 unspecified atom stereocenters. The first-order valence-electron chi connectivity index (χ1n) is 7.26. The fourth-order valence-corrected chi connectivity index (χ4v) is 3.75. The molecular formula is C16H18N2O4S2. The maximum absolute atomic E-state index is 12.6. The molecule has 0 saturated carbocycles. The number of benzene rings is 1. The van der Waals surface area contributed by atoms with Crippen LogP contribution in [0.3, 0.4) is 0 Å². The summed E-state index contributed by atoms with van der Waals surface area (Å²) in [7, 11) is -3.77.